The standard InChI is InChI=1S/C22H23NO2/c1-3-14-6-7-15(18-5-4-13(2)23-12-18)11-19(14)20-21(24)16-8-9-17(10-16)22(20)25/h4-7,11-12,16-17,24H,3,8-10H2,1-2H3. The molecule has 3 nitrogen and oxygen atoms in total. The van der Waals surface area contributed by atoms with Crippen molar-refractivity contribution in [2.75, 3.05) is 0 Å². The van der Waals surface area contributed by atoms with Crippen molar-refractivity contribution in [3.8, 4) is 11.1 Å². The summed E-state index contributed by atoms with van der Waals surface area (Å²) in [7, 11) is 0. The van der Waals surface area contributed by atoms with Crippen molar-refractivity contribution in [1.82, 2.24) is 4.98 Å². The lowest BCUT2D eigenvalue weighted by Crippen LogP contribution is -2.22. The minimum Gasteiger partial charge on any atom is -0.511 e. The van der Waals surface area contributed by atoms with Gasteiger partial charge in [0.25, 0.3) is 0 Å². The minimum absolute atomic E-state index is 0.0882. The van der Waals surface area contributed by atoms with E-state index in [0.717, 1.165) is 53.6 Å². The highest BCUT2D eigenvalue weighted by Gasteiger charge is 2.41. The monoisotopic (exact) mass is 333 g/mol. The second-order valence-electron chi connectivity index (χ2n) is 7.25. The first-order chi connectivity index (χ1) is 12.1. The summed E-state index contributed by atoms with van der Waals surface area (Å²) < 4.78 is 0. The maximum Gasteiger partial charge on any atom is 0.169 e. The summed E-state index contributed by atoms with van der Waals surface area (Å²) in [6, 6.07) is 10.3. The van der Waals surface area contributed by atoms with Crippen LogP contribution >= 0.6 is 0 Å². The molecule has 0 amide bonds. The number of rotatable bonds is 3. The zero-order chi connectivity index (χ0) is 17.6. The fraction of sp³-hybridized carbons (Fsp3) is 0.364. The molecule has 1 aromatic heterocycles. The van der Waals surface area contributed by atoms with Crippen molar-refractivity contribution in [2.24, 2.45) is 11.8 Å². The molecule has 1 saturated carbocycles. The van der Waals surface area contributed by atoms with Crippen LogP contribution in [-0.2, 0) is 11.2 Å². The molecule has 25 heavy (non-hydrogen) atoms. The fourth-order valence-electron chi connectivity index (χ4n) is 4.21. The normalized spacial score (nSPS) is 22.6. The summed E-state index contributed by atoms with van der Waals surface area (Å²) in [4.78, 5) is 17.3. The second kappa shape index (κ2) is 6.14. The predicted molar refractivity (Wildman–Crippen MR) is 99.2 cm³/mol. The van der Waals surface area contributed by atoms with Crippen molar-refractivity contribution < 1.29 is 9.90 Å². The molecule has 2 aliphatic carbocycles. The Bertz CT molecular complexity index is 864. The summed E-state index contributed by atoms with van der Waals surface area (Å²) >= 11 is 0. The van der Waals surface area contributed by atoms with Gasteiger partial charge in [-0.1, -0.05) is 25.1 Å². The first-order valence-electron chi connectivity index (χ1n) is 9.12. The Morgan fingerprint density at radius 3 is 2.60 bits per heavy atom. The Balaban J connectivity index is 1.86. The van der Waals surface area contributed by atoms with Gasteiger partial charge in [-0.2, -0.15) is 0 Å². The highest BCUT2D eigenvalue weighted by molar-refractivity contribution is 6.23. The zero-order valence-electron chi connectivity index (χ0n) is 14.7. The van der Waals surface area contributed by atoms with E-state index in [1.54, 1.807) is 0 Å². The predicted octanol–water partition coefficient (Wildman–Crippen LogP) is 4.89. The molecule has 2 aliphatic rings. The van der Waals surface area contributed by atoms with Crippen LogP contribution in [-0.4, -0.2) is 15.9 Å². The first-order valence-corrected chi connectivity index (χ1v) is 9.12. The SMILES string of the molecule is CCc1ccc(-c2ccc(C)nc2)cc1C1=C(O)C2CCC(C2)C1=O. The summed E-state index contributed by atoms with van der Waals surface area (Å²) in [6.07, 6.45) is 5.34. The van der Waals surface area contributed by atoms with Crippen molar-refractivity contribution in [2.45, 2.75) is 39.5 Å². The lowest BCUT2D eigenvalue weighted by Gasteiger charge is -2.23. The van der Waals surface area contributed by atoms with Crippen molar-refractivity contribution in [3.05, 3.63) is 59.1 Å². The number of hydrogen-bond donors (Lipinski definition) is 1. The Morgan fingerprint density at radius 1 is 1.12 bits per heavy atom. The van der Waals surface area contributed by atoms with Crippen LogP contribution in [0.4, 0.5) is 0 Å². The average molecular weight is 333 g/mol. The number of carbonyl (C=O) groups excluding carboxylic acids is 1. The topological polar surface area (TPSA) is 50.2 Å². The number of aromatic nitrogens is 1. The molecule has 1 aromatic carbocycles. The van der Waals surface area contributed by atoms with Gasteiger partial charge >= 0.3 is 0 Å². The third-order valence-corrected chi connectivity index (χ3v) is 5.70. The number of aliphatic hydroxyl groups excluding tert-OH is 1. The van der Waals surface area contributed by atoms with Crippen LogP contribution in [0.1, 0.15) is 43.0 Å². The van der Waals surface area contributed by atoms with Gasteiger partial charge in [0.05, 0.1) is 5.57 Å². The largest absolute Gasteiger partial charge is 0.511 e. The van der Waals surface area contributed by atoms with Gasteiger partial charge in [0.15, 0.2) is 5.78 Å². The van der Waals surface area contributed by atoms with Crippen LogP contribution in [0.3, 0.4) is 0 Å². The van der Waals surface area contributed by atoms with Crippen LogP contribution < -0.4 is 0 Å². The molecule has 0 aliphatic heterocycles. The molecule has 3 heteroatoms. The van der Waals surface area contributed by atoms with Crippen LogP contribution in [0.5, 0.6) is 0 Å². The molecule has 0 spiro atoms. The first kappa shape index (κ1) is 16.1. The number of Topliss-reactive ketones (excluding diaryl/α,β-unsaturated/α-hetero) is 1. The van der Waals surface area contributed by atoms with E-state index in [9.17, 15) is 9.90 Å². The van der Waals surface area contributed by atoms with E-state index in [0.29, 0.717) is 11.3 Å². The number of benzene rings is 1. The molecule has 2 bridgehead atoms. The van der Waals surface area contributed by atoms with E-state index in [2.05, 4.69) is 30.1 Å². The quantitative estimate of drug-likeness (QED) is 0.870. The van der Waals surface area contributed by atoms with Crippen LogP contribution in [0.2, 0.25) is 0 Å². The highest BCUT2D eigenvalue weighted by Crippen LogP contribution is 2.46. The summed E-state index contributed by atoms with van der Waals surface area (Å²) in [5.41, 5.74) is 5.62. The smallest absolute Gasteiger partial charge is 0.169 e. The fourth-order valence-corrected chi connectivity index (χ4v) is 4.21. The molecule has 2 atom stereocenters. The van der Waals surface area contributed by atoms with Gasteiger partial charge in [0, 0.05) is 29.3 Å². The van der Waals surface area contributed by atoms with E-state index < -0.39 is 0 Å². The Kier molecular flexibility index (Phi) is 3.95. The number of carbonyl (C=O) groups is 1. The summed E-state index contributed by atoms with van der Waals surface area (Å²) in [6.45, 7) is 4.06. The van der Waals surface area contributed by atoms with E-state index in [1.165, 1.54) is 0 Å². The number of hydrogen-bond acceptors (Lipinski definition) is 3. The lowest BCUT2D eigenvalue weighted by molar-refractivity contribution is -0.117. The Hall–Kier alpha value is -2.42. The van der Waals surface area contributed by atoms with Crippen LogP contribution in [0, 0.1) is 18.8 Å². The number of pyridine rings is 1. The third-order valence-electron chi connectivity index (χ3n) is 5.70. The minimum atomic E-state index is 0.0882. The lowest BCUT2D eigenvalue weighted by atomic mass is 9.81. The molecule has 0 radical (unpaired) electrons. The van der Waals surface area contributed by atoms with E-state index in [-0.39, 0.29) is 17.6 Å². The molecule has 128 valence electrons. The van der Waals surface area contributed by atoms with Crippen LogP contribution in [0.15, 0.2) is 42.3 Å². The molecule has 1 N–H and O–H groups in total. The number of fused-ring (bicyclic) bond motifs is 2. The van der Waals surface area contributed by atoms with Crippen molar-refractivity contribution in [3.63, 3.8) is 0 Å². The maximum atomic E-state index is 12.9. The maximum absolute atomic E-state index is 12.9. The van der Waals surface area contributed by atoms with Gasteiger partial charge in [-0.3, -0.25) is 9.78 Å². The molecular formula is C22H23NO2. The van der Waals surface area contributed by atoms with Gasteiger partial charge in [-0.05, 0) is 61.4 Å². The molecule has 2 aromatic rings. The molecular weight excluding hydrogens is 310 g/mol. The summed E-state index contributed by atoms with van der Waals surface area (Å²) in [5, 5.41) is 10.7. The van der Waals surface area contributed by atoms with Gasteiger partial charge < -0.3 is 5.11 Å². The summed E-state index contributed by atoms with van der Waals surface area (Å²) in [5.74, 6) is 0.685. The second-order valence-corrected chi connectivity index (χ2v) is 7.25. The number of allylic oxidation sites excluding steroid dienone is 2. The average Bonchev–Trinajstić information content (AvgIpc) is 3.08. The van der Waals surface area contributed by atoms with Gasteiger partial charge in [-0.25, -0.2) is 0 Å². The number of aliphatic hydroxyl groups is 1. The molecule has 2 unspecified atom stereocenters. The molecule has 4 rings (SSSR count). The molecule has 1 fully saturated rings. The Labute approximate surface area is 148 Å². The van der Waals surface area contributed by atoms with Gasteiger partial charge in [0.1, 0.15) is 5.76 Å². The Morgan fingerprint density at radius 2 is 1.88 bits per heavy atom. The third kappa shape index (κ3) is 2.68. The van der Waals surface area contributed by atoms with E-state index >= 15 is 0 Å². The number of nitrogens with zero attached hydrogens (tertiary/aromatic N) is 1. The number of ketones is 1. The highest BCUT2D eigenvalue weighted by atomic mass is 16.3. The zero-order valence-corrected chi connectivity index (χ0v) is 14.7. The van der Waals surface area contributed by atoms with Crippen molar-refractivity contribution >= 4 is 11.4 Å². The van der Waals surface area contributed by atoms with E-state index in [1.807, 2.05) is 25.3 Å². The van der Waals surface area contributed by atoms with Crippen molar-refractivity contribution in [1.29, 1.82) is 0 Å². The van der Waals surface area contributed by atoms with Gasteiger partial charge in [-0.15, -0.1) is 0 Å². The number of aryl methyl sites for hydroxylation is 2. The van der Waals surface area contributed by atoms with Crippen LogP contribution in [0.25, 0.3) is 16.7 Å². The van der Waals surface area contributed by atoms with Gasteiger partial charge in [0.2, 0.25) is 0 Å². The molecule has 1 heterocycles. The molecule has 0 saturated heterocycles. The van der Waals surface area contributed by atoms with E-state index in [4.69, 9.17) is 0 Å².